The average Bonchev–Trinajstić information content (AvgIpc) is 2.51. The third kappa shape index (κ3) is 4.57. The topological polar surface area (TPSA) is 70.6 Å². The molecule has 21 heavy (non-hydrogen) atoms. The lowest BCUT2D eigenvalue weighted by molar-refractivity contribution is 0.318. The van der Waals surface area contributed by atoms with Crippen molar-refractivity contribution in [3.05, 3.63) is 71.0 Å². The molecule has 0 aliphatic carbocycles. The molecule has 0 atom stereocenters. The van der Waals surface area contributed by atoms with Crippen molar-refractivity contribution in [2.24, 2.45) is 10.9 Å². The number of amidine groups is 1. The zero-order valence-electron chi connectivity index (χ0n) is 11.6. The molecule has 5 heteroatoms. The zero-order valence-corrected chi connectivity index (χ0v) is 11.6. The van der Waals surface area contributed by atoms with Crippen LogP contribution in [0.15, 0.2) is 53.7 Å². The van der Waals surface area contributed by atoms with E-state index in [-0.39, 0.29) is 11.7 Å². The fraction of sp³-hybridized carbons (Fsp3) is 0.188. The smallest absolute Gasteiger partial charge is 0.170 e. The van der Waals surface area contributed by atoms with Crippen LogP contribution in [0.25, 0.3) is 0 Å². The van der Waals surface area contributed by atoms with E-state index < -0.39 is 0 Å². The van der Waals surface area contributed by atoms with Gasteiger partial charge < -0.3 is 16.3 Å². The van der Waals surface area contributed by atoms with E-state index in [2.05, 4.69) is 10.5 Å². The highest BCUT2D eigenvalue weighted by Gasteiger charge is 1.99. The lowest BCUT2D eigenvalue weighted by Crippen LogP contribution is -2.17. The minimum absolute atomic E-state index is 0.0978. The summed E-state index contributed by atoms with van der Waals surface area (Å²) in [4.78, 5) is 0. The predicted octanol–water partition coefficient (Wildman–Crippen LogP) is 2.25. The van der Waals surface area contributed by atoms with Gasteiger partial charge in [-0.15, -0.1) is 0 Å². The minimum Gasteiger partial charge on any atom is -0.409 e. The van der Waals surface area contributed by atoms with Gasteiger partial charge in [0.15, 0.2) is 5.84 Å². The second-order valence-electron chi connectivity index (χ2n) is 4.74. The van der Waals surface area contributed by atoms with Gasteiger partial charge in [0.1, 0.15) is 5.82 Å². The Bertz CT molecular complexity index is 611. The first-order chi connectivity index (χ1) is 10.2. The molecule has 2 aromatic rings. The molecule has 0 heterocycles. The Hall–Kier alpha value is -2.40. The van der Waals surface area contributed by atoms with Crippen LogP contribution >= 0.6 is 0 Å². The SMILES string of the molecule is NC(=NO)c1ccc(CNCCc2cccc(F)c2)cc1. The van der Waals surface area contributed by atoms with Crippen molar-refractivity contribution in [2.75, 3.05) is 6.54 Å². The van der Waals surface area contributed by atoms with E-state index in [0.29, 0.717) is 12.1 Å². The van der Waals surface area contributed by atoms with Gasteiger partial charge in [-0.25, -0.2) is 4.39 Å². The van der Waals surface area contributed by atoms with E-state index in [0.717, 1.165) is 24.1 Å². The first kappa shape index (κ1) is 15.0. The van der Waals surface area contributed by atoms with Crippen LogP contribution in [0, 0.1) is 5.82 Å². The zero-order chi connectivity index (χ0) is 15.1. The molecular formula is C16H18FN3O. The molecule has 0 amide bonds. The molecule has 0 unspecified atom stereocenters. The second-order valence-corrected chi connectivity index (χ2v) is 4.74. The van der Waals surface area contributed by atoms with Gasteiger partial charge in [0.25, 0.3) is 0 Å². The van der Waals surface area contributed by atoms with E-state index in [4.69, 9.17) is 10.9 Å². The maximum atomic E-state index is 13.0. The summed E-state index contributed by atoms with van der Waals surface area (Å²) in [5.41, 5.74) is 8.26. The summed E-state index contributed by atoms with van der Waals surface area (Å²) in [6.45, 7) is 1.48. The van der Waals surface area contributed by atoms with Crippen LogP contribution in [0.1, 0.15) is 16.7 Å². The third-order valence-electron chi connectivity index (χ3n) is 3.17. The van der Waals surface area contributed by atoms with Crippen LogP contribution in [0.2, 0.25) is 0 Å². The molecule has 0 saturated heterocycles. The number of nitrogens with two attached hydrogens (primary N) is 1. The van der Waals surface area contributed by atoms with Gasteiger partial charge in [-0.05, 0) is 36.2 Å². The van der Waals surface area contributed by atoms with Crippen molar-refractivity contribution < 1.29 is 9.60 Å². The molecular weight excluding hydrogens is 269 g/mol. The van der Waals surface area contributed by atoms with Crippen LogP contribution < -0.4 is 11.1 Å². The highest BCUT2D eigenvalue weighted by atomic mass is 19.1. The number of hydrogen-bond acceptors (Lipinski definition) is 3. The molecule has 0 spiro atoms. The third-order valence-corrected chi connectivity index (χ3v) is 3.17. The van der Waals surface area contributed by atoms with Crippen molar-refractivity contribution in [3.63, 3.8) is 0 Å². The highest BCUT2D eigenvalue weighted by molar-refractivity contribution is 5.96. The Morgan fingerprint density at radius 1 is 1.14 bits per heavy atom. The Morgan fingerprint density at radius 3 is 2.57 bits per heavy atom. The van der Waals surface area contributed by atoms with Crippen LogP contribution in [0.3, 0.4) is 0 Å². The van der Waals surface area contributed by atoms with E-state index >= 15 is 0 Å². The summed E-state index contributed by atoms with van der Waals surface area (Å²) in [5, 5.41) is 14.8. The monoisotopic (exact) mass is 287 g/mol. The minimum atomic E-state index is -0.203. The fourth-order valence-electron chi connectivity index (χ4n) is 2.01. The number of benzene rings is 2. The fourth-order valence-corrected chi connectivity index (χ4v) is 2.01. The predicted molar refractivity (Wildman–Crippen MR) is 80.8 cm³/mol. The molecule has 0 saturated carbocycles. The number of halogens is 1. The lowest BCUT2D eigenvalue weighted by atomic mass is 10.1. The van der Waals surface area contributed by atoms with Crippen molar-refractivity contribution in [2.45, 2.75) is 13.0 Å². The second kappa shape index (κ2) is 7.40. The standard InChI is InChI=1S/C16H18FN3O/c17-15-3-1-2-12(10-15)8-9-19-11-13-4-6-14(7-5-13)16(18)20-21/h1-7,10,19,21H,8-9,11H2,(H2,18,20). The number of nitrogens with one attached hydrogen (secondary N) is 1. The average molecular weight is 287 g/mol. The summed E-state index contributed by atoms with van der Waals surface area (Å²) in [5.74, 6) is -0.105. The van der Waals surface area contributed by atoms with Crippen LogP contribution in [-0.2, 0) is 13.0 Å². The van der Waals surface area contributed by atoms with E-state index in [1.54, 1.807) is 24.3 Å². The molecule has 4 N–H and O–H groups in total. The van der Waals surface area contributed by atoms with E-state index in [1.165, 1.54) is 6.07 Å². The van der Waals surface area contributed by atoms with Crippen molar-refractivity contribution in [1.29, 1.82) is 0 Å². The summed E-state index contributed by atoms with van der Waals surface area (Å²) in [6, 6.07) is 14.1. The summed E-state index contributed by atoms with van der Waals surface area (Å²) < 4.78 is 13.0. The Morgan fingerprint density at radius 2 is 1.90 bits per heavy atom. The number of oxime groups is 1. The maximum absolute atomic E-state index is 13.0. The molecule has 0 aliphatic heterocycles. The number of nitrogens with zero attached hydrogens (tertiary/aromatic N) is 1. The normalized spacial score (nSPS) is 11.6. The van der Waals surface area contributed by atoms with E-state index in [1.807, 2.05) is 18.2 Å². The molecule has 2 aromatic carbocycles. The first-order valence-electron chi connectivity index (χ1n) is 6.71. The van der Waals surface area contributed by atoms with Gasteiger partial charge in [0, 0.05) is 12.1 Å². The van der Waals surface area contributed by atoms with Crippen LogP contribution in [0.4, 0.5) is 4.39 Å². The van der Waals surface area contributed by atoms with Gasteiger partial charge in [-0.1, -0.05) is 41.6 Å². The Balaban J connectivity index is 1.78. The summed E-state index contributed by atoms with van der Waals surface area (Å²) >= 11 is 0. The van der Waals surface area contributed by atoms with Gasteiger partial charge in [-0.2, -0.15) is 0 Å². The number of rotatable bonds is 6. The number of hydrogen-bond donors (Lipinski definition) is 3. The Kier molecular flexibility index (Phi) is 5.29. The quantitative estimate of drug-likeness (QED) is 0.251. The Labute approximate surface area is 123 Å². The lowest BCUT2D eigenvalue weighted by Gasteiger charge is -2.06. The molecule has 110 valence electrons. The summed E-state index contributed by atoms with van der Waals surface area (Å²) in [7, 11) is 0. The van der Waals surface area contributed by atoms with Gasteiger partial charge in [0.2, 0.25) is 0 Å². The van der Waals surface area contributed by atoms with Gasteiger partial charge in [0.05, 0.1) is 0 Å². The molecule has 2 rings (SSSR count). The molecule has 0 aliphatic rings. The molecule has 0 fully saturated rings. The van der Waals surface area contributed by atoms with Crippen LogP contribution in [-0.4, -0.2) is 17.6 Å². The van der Waals surface area contributed by atoms with Crippen molar-refractivity contribution >= 4 is 5.84 Å². The van der Waals surface area contributed by atoms with Gasteiger partial charge >= 0.3 is 0 Å². The summed E-state index contributed by atoms with van der Waals surface area (Å²) in [6.07, 6.45) is 0.778. The van der Waals surface area contributed by atoms with Crippen LogP contribution in [0.5, 0.6) is 0 Å². The largest absolute Gasteiger partial charge is 0.409 e. The van der Waals surface area contributed by atoms with Crippen molar-refractivity contribution in [1.82, 2.24) is 5.32 Å². The van der Waals surface area contributed by atoms with Crippen molar-refractivity contribution in [3.8, 4) is 0 Å². The molecule has 0 bridgehead atoms. The van der Waals surface area contributed by atoms with Gasteiger partial charge in [-0.3, -0.25) is 0 Å². The maximum Gasteiger partial charge on any atom is 0.170 e. The molecule has 4 nitrogen and oxygen atoms in total. The molecule has 0 radical (unpaired) electrons. The molecule has 0 aromatic heterocycles. The first-order valence-corrected chi connectivity index (χ1v) is 6.71. The highest BCUT2D eigenvalue weighted by Crippen LogP contribution is 2.05. The van der Waals surface area contributed by atoms with E-state index in [9.17, 15) is 4.39 Å².